The van der Waals surface area contributed by atoms with Crippen molar-refractivity contribution in [2.24, 2.45) is 0 Å². The van der Waals surface area contributed by atoms with E-state index in [9.17, 15) is 13.2 Å². The minimum atomic E-state index is -3.81. The molecular formula is C12H10ClNO4S2. The van der Waals surface area contributed by atoms with Crippen molar-refractivity contribution in [3.63, 3.8) is 0 Å². The number of thiophene rings is 1. The average Bonchev–Trinajstić information content (AvgIpc) is 2.84. The number of carboxylic acid groups (broad SMARTS) is 1. The van der Waals surface area contributed by atoms with Crippen LogP contribution in [0.5, 0.6) is 0 Å². The fraction of sp³-hybridized carbons (Fsp3) is 0.0833. The summed E-state index contributed by atoms with van der Waals surface area (Å²) >= 11 is 6.77. The second-order valence-corrected chi connectivity index (χ2v) is 7.26. The number of benzene rings is 1. The second kappa shape index (κ2) is 5.43. The van der Waals surface area contributed by atoms with Crippen molar-refractivity contribution in [2.75, 3.05) is 4.72 Å². The van der Waals surface area contributed by atoms with Crippen LogP contribution in [0.15, 0.2) is 33.9 Å². The van der Waals surface area contributed by atoms with Crippen molar-refractivity contribution < 1.29 is 18.3 Å². The van der Waals surface area contributed by atoms with E-state index >= 15 is 0 Å². The summed E-state index contributed by atoms with van der Waals surface area (Å²) in [6, 6.07) is 5.90. The van der Waals surface area contributed by atoms with Crippen molar-refractivity contribution in [3.05, 3.63) is 45.8 Å². The SMILES string of the molecule is Cc1ccc(NS(=O)(=O)c2cc(C(=O)O)cs2)cc1Cl. The highest BCUT2D eigenvalue weighted by Crippen LogP contribution is 2.25. The van der Waals surface area contributed by atoms with Crippen molar-refractivity contribution in [1.82, 2.24) is 0 Å². The molecule has 0 atom stereocenters. The molecule has 0 radical (unpaired) electrons. The van der Waals surface area contributed by atoms with Crippen molar-refractivity contribution in [3.8, 4) is 0 Å². The first-order valence-corrected chi connectivity index (χ1v) is 8.14. The third-order valence-electron chi connectivity index (χ3n) is 2.51. The van der Waals surface area contributed by atoms with Crippen LogP contribution in [0.2, 0.25) is 5.02 Å². The fourth-order valence-corrected chi connectivity index (χ4v) is 3.81. The van der Waals surface area contributed by atoms with Gasteiger partial charge in [-0.1, -0.05) is 17.7 Å². The van der Waals surface area contributed by atoms with Gasteiger partial charge < -0.3 is 5.11 Å². The fourth-order valence-electron chi connectivity index (χ4n) is 1.43. The van der Waals surface area contributed by atoms with Crippen molar-refractivity contribution in [2.45, 2.75) is 11.1 Å². The topological polar surface area (TPSA) is 83.5 Å². The second-order valence-electron chi connectivity index (χ2n) is 4.03. The highest BCUT2D eigenvalue weighted by atomic mass is 35.5. The van der Waals surface area contributed by atoms with Crippen LogP contribution in [0, 0.1) is 6.92 Å². The summed E-state index contributed by atoms with van der Waals surface area (Å²) in [5, 5.41) is 10.5. The highest BCUT2D eigenvalue weighted by molar-refractivity contribution is 7.94. The lowest BCUT2D eigenvalue weighted by atomic mass is 10.2. The Balaban J connectivity index is 2.30. The van der Waals surface area contributed by atoms with E-state index in [2.05, 4.69) is 4.72 Å². The van der Waals surface area contributed by atoms with E-state index in [1.54, 1.807) is 19.1 Å². The maximum Gasteiger partial charge on any atom is 0.336 e. The van der Waals surface area contributed by atoms with Gasteiger partial charge in [0.1, 0.15) is 4.21 Å². The van der Waals surface area contributed by atoms with E-state index in [0.717, 1.165) is 23.0 Å². The molecule has 0 aliphatic heterocycles. The molecular weight excluding hydrogens is 322 g/mol. The highest BCUT2D eigenvalue weighted by Gasteiger charge is 2.19. The van der Waals surface area contributed by atoms with Gasteiger partial charge in [-0.3, -0.25) is 4.72 Å². The number of aryl methyl sites for hydroxylation is 1. The Labute approximate surface area is 124 Å². The monoisotopic (exact) mass is 331 g/mol. The lowest BCUT2D eigenvalue weighted by molar-refractivity contribution is 0.0697. The molecule has 0 saturated heterocycles. The van der Waals surface area contributed by atoms with Crippen LogP contribution in [0.3, 0.4) is 0 Å². The Hall–Kier alpha value is -1.57. The number of aromatic carboxylic acids is 1. The van der Waals surface area contributed by atoms with Crippen molar-refractivity contribution >= 4 is 44.6 Å². The van der Waals surface area contributed by atoms with Crippen LogP contribution < -0.4 is 4.72 Å². The number of carboxylic acids is 1. The van der Waals surface area contributed by atoms with Crippen LogP contribution in [-0.2, 0) is 10.0 Å². The van der Waals surface area contributed by atoms with Crippen LogP contribution in [0.25, 0.3) is 0 Å². The molecule has 1 aromatic heterocycles. The van der Waals surface area contributed by atoms with E-state index < -0.39 is 16.0 Å². The number of hydrogen-bond donors (Lipinski definition) is 2. The molecule has 0 spiro atoms. The van der Waals surface area contributed by atoms with E-state index in [0.29, 0.717) is 10.7 Å². The molecule has 20 heavy (non-hydrogen) atoms. The zero-order valence-corrected chi connectivity index (χ0v) is 12.6. The normalized spacial score (nSPS) is 11.3. The predicted octanol–water partition coefficient (Wildman–Crippen LogP) is 3.21. The number of sulfonamides is 1. The number of nitrogens with one attached hydrogen (secondary N) is 1. The zero-order chi connectivity index (χ0) is 14.9. The standard InChI is InChI=1S/C12H10ClNO4S2/c1-7-2-3-9(5-10(7)13)14-20(17,18)11-4-8(6-19-11)12(15)16/h2-6,14H,1H3,(H,15,16). The Morgan fingerprint density at radius 2 is 2.05 bits per heavy atom. The largest absolute Gasteiger partial charge is 0.478 e. The predicted molar refractivity (Wildman–Crippen MR) is 78.3 cm³/mol. The molecule has 1 heterocycles. The first-order chi connectivity index (χ1) is 9.29. The third kappa shape index (κ3) is 3.12. The Kier molecular flexibility index (Phi) is 4.03. The van der Waals surface area contributed by atoms with Gasteiger partial charge >= 0.3 is 5.97 Å². The van der Waals surface area contributed by atoms with E-state index in [-0.39, 0.29) is 9.77 Å². The number of hydrogen-bond acceptors (Lipinski definition) is 4. The van der Waals surface area contributed by atoms with E-state index in [4.69, 9.17) is 16.7 Å². The molecule has 8 heteroatoms. The van der Waals surface area contributed by atoms with Gasteiger partial charge in [-0.05, 0) is 30.7 Å². The average molecular weight is 332 g/mol. The smallest absolute Gasteiger partial charge is 0.336 e. The molecule has 0 bridgehead atoms. The molecule has 2 N–H and O–H groups in total. The van der Waals surface area contributed by atoms with Crippen molar-refractivity contribution in [1.29, 1.82) is 0 Å². The summed E-state index contributed by atoms with van der Waals surface area (Å²) in [7, 11) is -3.81. The molecule has 0 aliphatic carbocycles. The molecule has 0 aliphatic rings. The Bertz CT molecular complexity index is 768. The lowest BCUT2D eigenvalue weighted by Crippen LogP contribution is -2.11. The molecule has 0 unspecified atom stereocenters. The number of halogens is 1. The maximum atomic E-state index is 12.1. The third-order valence-corrected chi connectivity index (χ3v) is 5.74. The van der Waals surface area contributed by atoms with Gasteiger partial charge in [-0.2, -0.15) is 0 Å². The first kappa shape index (κ1) is 14.8. The Morgan fingerprint density at radius 1 is 1.35 bits per heavy atom. The molecule has 0 saturated carbocycles. The molecule has 2 aromatic rings. The zero-order valence-electron chi connectivity index (χ0n) is 10.3. The van der Waals surface area contributed by atoms with Crippen LogP contribution in [-0.4, -0.2) is 19.5 Å². The van der Waals surface area contributed by atoms with E-state index in [1.807, 2.05) is 0 Å². The summed E-state index contributed by atoms with van der Waals surface area (Å²) < 4.78 is 26.5. The summed E-state index contributed by atoms with van der Waals surface area (Å²) in [5.41, 5.74) is 1.10. The number of carbonyl (C=O) groups is 1. The Morgan fingerprint density at radius 3 is 2.60 bits per heavy atom. The number of anilines is 1. The van der Waals surface area contributed by atoms with Gasteiger partial charge in [0.25, 0.3) is 10.0 Å². The van der Waals surface area contributed by atoms with Crippen LogP contribution >= 0.6 is 22.9 Å². The molecule has 2 rings (SSSR count). The summed E-state index contributed by atoms with van der Waals surface area (Å²) in [6.07, 6.45) is 0. The summed E-state index contributed by atoms with van der Waals surface area (Å²) in [4.78, 5) is 10.8. The molecule has 0 fully saturated rings. The molecule has 106 valence electrons. The summed E-state index contributed by atoms with van der Waals surface area (Å²) in [5.74, 6) is -1.17. The van der Waals surface area contributed by atoms with Crippen LogP contribution in [0.4, 0.5) is 5.69 Å². The minimum absolute atomic E-state index is 0.0580. The summed E-state index contributed by atoms with van der Waals surface area (Å²) in [6.45, 7) is 1.80. The maximum absolute atomic E-state index is 12.1. The van der Waals surface area contributed by atoms with Gasteiger partial charge in [0.2, 0.25) is 0 Å². The quantitative estimate of drug-likeness (QED) is 0.901. The van der Waals surface area contributed by atoms with Gasteiger partial charge in [0, 0.05) is 10.4 Å². The van der Waals surface area contributed by atoms with Gasteiger partial charge in [0.15, 0.2) is 0 Å². The number of rotatable bonds is 4. The molecule has 5 nitrogen and oxygen atoms in total. The van der Waals surface area contributed by atoms with Gasteiger partial charge in [0.05, 0.1) is 11.3 Å². The van der Waals surface area contributed by atoms with Gasteiger partial charge in [-0.25, -0.2) is 13.2 Å². The molecule has 1 aromatic carbocycles. The van der Waals surface area contributed by atoms with Crippen LogP contribution in [0.1, 0.15) is 15.9 Å². The minimum Gasteiger partial charge on any atom is -0.478 e. The first-order valence-electron chi connectivity index (χ1n) is 5.40. The van der Waals surface area contributed by atoms with E-state index in [1.165, 1.54) is 11.4 Å². The molecule has 0 amide bonds. The lowest BCUT2D eigenvalue weighted by Gasteiger charge is -2.07. The van der Waals surface area contributed by atoms with Gasteiger partial charge in [-0.15, -0.1) is 11.3 Å².